The molecule has 118 valence electrons. The molecular formula is C17H11N3O4. The fourth-order valence-electron chi connectivity index (χ4n) is 2.96. The molecule has 0 bridgehead atoms. The summed E-state index contributed by atoms with van der Waals surface area (Å²) in [6.45, 7) is 0. The maximum absolute atomic E-state index is 12.4. The molecule has 0 saturated carbocycles. The smallest absolute Gasteiger partial charge is 0.335 e. The summed E-state index contributed by atoms with van der Waals surface area (Å²) in [5.74, 6) is -1.47. The molecule has 7 nitrogen and oxygen atoms in total. The van der Waals surface area contributed by atoms with Crippen molar-refractivity contribution < 1.29 is 19.9 Å². The van der Waals surface area contributed by atoms with Gasteiger partial charge in [-0.25, -0.2) is 4.79 Å². The molecule has 2 aromatic carbocycles. The zero-order valence-corrected chi connectivity index (χ0v) is 12.2. The average molecular weight is 321 g/mol. The minimum Gasteiger partial charge on any atom is -0.478 e. The highest BCUT2D eigenvalue weighted by molar-refractivity contribution is 6.39. The largest absolute Gasteiger partial charge is 0.478 e. The topological polar surface area (TPSA) is 111 Å². The number of amides is 1. The number of aromatic carboxylic acids is 1. The average Bonchev–Trinajstić information content (AvgIpc) is 3.09. The van der Waals surface area contributed by atoms with E-state index in [1.807, 2.05) is 6.07 Å². The van der Waals surface area contributed by atoms with E-state index in [9.17, 15) is 19.9 Å². The number of oxime groups is 1. The molecule has 0 spiro atoms. The SMILES string of the molecule is O=C1Nc2ccc(C(=O)O)cc2/C1=C1/Nc2ccccc2/C1=N\O. The number of hydrogen-bond acceptors (Lipinski definition) is 5. The van der Waals surface area contributed by atoms with Crippen LogP contribution < -0.4 is 10.6 Å². The van der Waals surface area contributed by atoms with Crippen molar-refractivity contribution in [1.29, 1.82) is 0 Å². The van der Waals surface area contributed by atoms with Crippen LogP contribution in [0.3, 0.4) is 0 Å². The van der Waals surface area contributed by atoms with E-state index in [0.717, 1.165) is 0 Å². The van der Waals surface area contributed by atoms with Gasteiger partial charge in [0, 0.05) is 22.5 Å². The molecule has 24 heavy (non-hydrogen) atoms. The van der Waals surface area contributed by atoms with Crippen LogP contribution in [0.1, 0.15) is 21.5 Å². The van der Waals surface area contributed by atoms with Gasteiger partial charge in [0.1, 0.15) is 5.71 Å². The monoisotopic (exact) mass is 321 g/mol. The minimum absolute atomic E-state index is 0.0707. The summed E-state index contributed by atoms with van der Waals surface area (Å²) in [7, 11) is 0. The third-order valence-electron chi connectivity index (χ3n) is 4.04. The van der Waals surface area contributed by atoms with Crippen molar-refractivity contribution in [1.82, 2.24) is 0 Å². The molecule has 0 radical (unpaired) electrons. The molecule has 0 unspecified atom stereocenters. The van der Waals surface area contributed by atoms with Crippen LogP contribution in [0.5, 0.6) is 0 Å². The maximum Gasteiger partial charge on any atom is 0.335 e. The lowest BCUT2D eigenvalue weighted by Crippen LogP contribution is -2.12. The normalized spacial score (nSPS) is 19.7. The number of carbonyl (C=O) groups excluding carboxylic acids is 1. The second-order valence-electron chi connectivity index (χ2n) is 5.39. The summed E-state index contributed by atoms with van der Waals surface area (Å²) >= 11 is 0. The number of fused-ring (bicyclic) bond motifs is 2. The number of carboxylic acid groups (broad SMARTS) is 1. The molecule has 7 heteroatoms. The van der Waals surface area contributed by atoms with Crippen molar-refractivity contribution in [3.63, 3.8) is 0 Å². The van der Waals surface area contributed by atoms with Gasteiger partial charge >= 0.3 is 5.97 Å². The lowest BCUT2D eigenvalue weighted by molar-refractivity contribution is -0.110. The standard InChI is InChI=1S/C17H11N3O4/c21-16-13(10-7-8(17(22)23)5-6-12(10)19-16)15-14(20-24)9-3-1-2-4-11(9)18-15/h1-7,18,24H,(H,19,21)(H,22,23)/b15-13-,20-14+. The van der Waals surface area contributed by atoms with E-state index in [1.54, 1.807) is 24.3 Å². The Kier molecular flexibility index (Phi) is 2.89. The minimum atomic E-state index is -1.08. The molecule has 0 fully saturated rings. The first kappa shape index (κ1) is 14.0. The van der Waals surface area contributed by atoms with Gasteiger partial charge < -0.3 is 20.9 Å². The van der Waals surface area contributed by atoms with E-state index in [4.69, 9.17) is 0 Å². The third-order valence-corrected chi connectivity index (χ3v) is 4.04. The Hall–Kier alpha value is -3.61. The van der Waals surface area contributed by atoms with Gasteiger partial charge in [0.15, 0.2) is 0 Å². The van der Waals surface area contributed by atoms with Crippen molar-refractivity contribution >= 4 is 34.5 Å². The Morgan fingerprint density at radius 2 is 1.75 bits per heavy atom. The molecular weight excluding hydrogens is 310 g/mol. The summed E-state index contributed by atoms with van der Waals surface area (Å²) < 4.78 is 0. The molecule has 0 aromatic heterocycles. The van der Waals surface area contributed by atoms with Crippen molar-refractivity contribution in [2.75, 3.05) is 10.6 Å². The quantitative estimate of drug-likeness (QED) is 0.366. The predicted octanol–water partition coefficient (Wildman–Crippen LogP) is 2.35. The number of nitrogens with zero attached hydrogens (tertiary/aromatic N) is 1. The van der Waals surface area contributed by atoms with Gasteiger partial charge in [-0.05, 0) is 24.3 Å². The van der Waals surface area contributed by atoms with Crippen LogP contribution in [0.15, 0.2) is 53.3 Å². The number of benzene rings is 2. The number of allylic oxidation sites excluding steroid dienone is 1. The zero-order chi connectivity index (χ0) is 16.8. The predicted molar refractivity (Wildman–Crippen MR) is 87.3 cm³/mol. The molecule has 2 heterocycles. The van der Waals surface area contributed by atoms with E-state index < -0.39 is 5.97 Å². The zero-order valence-electron chi connectivity index (χ0n) is 12.2. The van der Waals surface area contributed by atoms with Gasteiger partial charge in [-0.2, -0.15) is 0 Å². The van der Waals surface area contributed by atoms with Crippen molar-refractivity contribution in [2.45, 2.75) is 0 Å². The first-order chi connectivity index (χ1) is 11.6. The van der Waals surface area contributed by atoms with Gasteiger partial charge in [0.05, 0.1) is 16.8 Å². The van der Waals surface area contributed by atoms with Gasteiger partial charge in [-0.15, -0.1) is 0 Å². The molecule has 4 N–H and O–H groups in total. The molecule has 4 rings (SSSR count). The number of para-hydroxylation sites is 1. The van der Waals surface area contributed by atoms with Crippen molar-refractivity contribution in [3.05, 3.63) is 64.9 Å². The lowest BCUT2D eigenvalue weighted by atomic mass is 9.99. The Bertz CT molecular complexity index is 976. The fourth-order valence-corrected chi connectivity index (χ4v) is 2.96. The molecule has 1 amide bonds. The lowest BCUT2D eigenvalue weighted by Gasteiger charge is -2.06. The van der Waals surface area contributed by atoms with Crippen LogP contribution in [0.4, 0.5) is 11.4 Å². The molecule has 0 atom stereocenters. The van der Waals surface area contributed by atoms with Crippen LogP contribution in [-0.2, 0) is 4.79 Å². The fraction of sp³-hybridized carbons (Fsp3) is 0. The number of carboxylic acids is 1. The van der Waals surface area contributed by atoms with E-state index in [1.165, 1.54) is 12.1 Å². The van der Waals surface area contributed by atoms with E-state index in [-0.39, 0.29) is 22.8 Å². The van der Waals surface area contributed by atoms with E-state index in [0.29, 0.717) is 28.2 Å². The van der Waals surface area contributed by atoms with Crippen LogP contribution in [0, 0.1) is 0 Å². The summed E-state index contributed by atoms with van der Waals surface area (Å²) in [5, 5.41) is 27.7. The van der Waals surface area contributed by atoms with Gasteiger partial charge in [-0.1, -0.05) is 23.4 Å². The third kappa shape index (κ3) is 1.88. The Morgan fingerprint density at radius 3 is 2.50 bits per heavy atom. The summed E-state index contributed by atoms with van der Waals surface area (Å²) in [6.07, 6.45) is 0. The Morgan fingerprint density at radius 1 is 1.00 bits per heavy atom. The van der Waals surface area contributed by atoms with Crippen LogP contribution >= 0.6 is 0 Å². The Balaban J connectivity index is 1.95. The molecule has 2 aliphatic heterocycles. The first-order valence-electron chi connectivity index (χ1n) is 7.12. The molecule has 0 saturated heterocycles. The van der Waals surface area contributed by atoms with Crippen molar-refractivity contribution in [3.8, 4) is 0 Å². The number of rotatable bonds is 1. The summed E-state index contributed by atoms with van der Waals surface area (Å²) in [4.78, 5) is 23.6. The van der Waals surface area contributed by atoms with Gasteiger partial charge in [0.25, 0.3) is 5.91 Å². The van der Waals surface area contributed by atoms with Crippen LogP contribution in [-0.4, -0.2) is 27.9 Å². The highest BCUT2D eigenvalue weighted by Gasteiger charge is 2.34. The molecule has 2 aliphatic rings. The highest BCUT2D eigenvalue weighted by Crippen LogP contribution is 2.39. The Labute approximate surface area is 135 Å². The van der Waals surface area contributed by atoms with Crippen LogP contribution in [0.25, 0.3) is 5.57 Å². The van der Waals surface area contributed by atoms with E-state index in [2.05, 4.69) is 15.8 Å². The highest BCUT2D eigenvalue weighted by atomic mass is 16.4. The van der Waals surface area contributed by atoms with E-state index >= 15 is 0 Å². The second kappa shape index (κ2) is 4.95. The van der Waals surface area contributed by atoms with Crippen LogP contribution in [0.2, 0.25) is 0 Å². The maximum atomic E-state index is 12.4. The summed E-state index contributed by atoms with van der Waals surface area (Å²) in [5.41, 5.74) is 3.25. The summed E-state index contributed by atoms with van der Waals surface area (Å²) in [6, 6.07) is 11.6. The van der Waals surface area contributed by atoms with Gasteiger partial charge in [-0.3, -0.25) is 4.79 Å². The number of hydrogen-bond donors (Lipinski definition) is 4. The van der Waals surface area contributed by atoms with Gasteiger partial charge in [0.2, 0.25) is 0 Å². The number of anilines is 2. The molecule has 2 aromatic rings. The number of carbonyl (C=O) groups is 2. The molecule has 0 aliphatic carbocycles. The first-order valence-corrected chi connectivity index (χ1v) is 7.12. The number of nitrogens with one attached hydrogen (secondary N) is 2. The van der Waals surface area contributed by atoms with Crippen molar-refractivity contribution in [2.24, 2.45) is 5.16 Å². The second-order valence-corrected chi connectivity index (χ2v) is 5.39.